The third-order valence-corrected chi connectivity index (χ3v) is 6.31. The molecule has 7 nitrogen and oxygen atoms in total. The van der Waals surface area contributed by atoms with Crippen LogP contribution in [0, 0.1) is 17.2 Å². The highest BCUT2D eigenvalue weighted by Gasteiger charge is 2.39. The van der Waals surface area contributed by atoms with Gasteiger partial charge >= 0.3 is 0 Å². The van der Waals surface area contributed by atoms with Gasteiger partial charge in [0, 0.05) is 31.6 Å². The van der Waals surface area contributed by atoms with Crippen LogP contribution in [0.1, 0.15) is 50.3 Å². The lowest BCUT2D eigenvalue weighted by molar-refractivity contribution is -0.0944. The smallest absolute Gasteiger partial charge is 0.215 e. The largest absolute Gasteiger partial charge is 0.490 e. The first-order valence-corrected chi connectivity index (χ1v) is 11.0. The first kappa shape index (κ1) is 22.1. The molecule has 3 atom stereocenters. The number of rotatable bonds is 3. The fourth-order valence-electron chi connectivity index (χ4n) is 4.67. The normalized spacial score (nSPS) is 24.7. The van der Waals surface area contributed by atoms with Gasteiger partial charge in [-0.1, -0.05) is 18.2 Å². The maximum absolute atomic E-state index is 9.77. The Morgan fingerprint density at radius 2 is 2.03 bits per heavy atom. The fraction of sp³-hybridized carbons (Fsp3) is 0.440. The molecular weight excluding hydrogens is 404 g/mol. The molecule has 0 saturated carbocycles. The molecule has 7 heteroatoms. The maximum atomic E-state index is 9.77. The predicted molar refractivity (Wildman–Crippen MR) is 122 cm³/mol. The van der Waals surface area contributed by atoms with Gasteiger partial charge in [-0.2, -0.15) is 5.26 Å². The van der Waals surface area contributed by atoms with Crippen molar-refractivity contribution in [1.29, 1.82) is 5.26 Å². The molecule has 168 valence electrons. The summed E-state index contributed by atoms with van der Waals surface area (Å²) in [5.74, 6) is 1.20. The second-order valence-corrected chi connectivity index (χ2v) is 9.22. The molecule has 0 radical (unpaired) electrons. The molecule has 32 heavy (non-hydrogen) atoms. The third kappa shape index (κ3) is 4.72. The summed E-state index contributed by atoms with van der Waals surface area (Å²) in [6.07, 6.45) is 2.51. The molecule has 0 aromatic heterocycles. The van der Waals surface area contributed by atoms with Gasteiger partial charge < -0.3 is 15.2 Å². The Bertz CT molecular complexity index is 1060. The molecule has 3 N–H and O–H groups in total. The van der Waals surface area contributed by atoms with E-state index in [4.69, 9.17) is 15.2 Å². The lowest BCUT2D eigenvalue weighted by atomic mass is 9.80. The van der Waals surface area contributed by atoms with Gasteiger partial charge in [0.1, 0.15) is 11.9 Å². The topological polar surface area (TPSA) is 104 Å². The highest BCUT2D eigenvalue weighted by molar-refractivity contribution is 5.77. The maximum Gasteiger partial charge on any atom is 0.215 e. The average molecular weight is 435 g/mol. The van der Waals surface area contributed by atoms with Crippen molar-refractivity contribution in [3.05, 3.63) is 53.6 Å². The minimum atomic E-state index is -0.247. The van der Waals surface area contributed by atoms with Crippen LogP contribution in [-0.2, 0) is 4.74 Å². The summed E-state index contributed by atoms with van der Waals surface area (Å²) in [5, 5.41) is 19.9. The molecule has 0 bridgehead atoms. The number of aliphatic imine (C=N–C) groups is 1. The van der Waals surface area contributed by atoms with Gasteiger partial charge in [-0.3, -0.25) is 5.21 Å². The second-order valence-electron chi connectivity index (χ2n) is 9.22. The zero-order valence-corrected chi connectivity index (χ0v) is 18.8. The molecule has 4 rings (SSSR count). The molecule has 2 aromatic rings. The van der Waals surface area contributed by atoms with Gasteiger partial charge in [-0.25, -0.2) is 10.1 Å². The number of hydrogen-bond donors (Lipinski definition) is 2. The van der Waals surface area contributed by atoms with Gasteiger partial charge in [-0.15, -0.1) is 0 Å². The Labute approximate surface area is 189 Å². The van der Waals surface area contributed by atoms with Crippen LogP contribution in [-0.4, -0.2) is 41.6 Å². The van der Waals surface area contributed by atoms with Crippen LogP contribution >= 0.6 is 0 Å². The van der Waals surface area contributed by atoms with Crippen molar-refractivity contribution in [3.8, 4) is 22.9 Å². The van der Waals surface area contributed by atoms with Crippen LogP contribution < -0.4 is 10.5 Å². The molecule has 2 aromatic carbocycles. The summed E-state index contributed by atoms with van der Waals surface area (Å²) >= 11 is 0. The van der Waals surface area contributed by atoms with Gasteiger partial charge in [0.15, 0.2) is 0 Å². The molecule has 2 unspecified atom stereocenters. The van der Waals surface area contributed by atoms with Crippen molar-refractivity contribution in [2.75, 3.05) is 13.7 Å². The van der Waals surface area contributed by atoms with E-state index < -0.39 is 0 Å². The molecule has 1 saturated heterocycles. The molecule has 2 aliphatic heterocycles. The highest BCUT2D eigenvalue weighted by Crippen LogP contribution is 2.44. The number of nitrogens with zero attached hydrogens (tertiary/aromatic N) is 3. The number of guanidine groups is 1. The van der Waals surface area contributed by atoms with E-state index in [1.807, 2.05) is 30.3 Å². The van der Waals surface area contributed by atoms with Crippen LogP contribution in [0.25, 0.3) is 11.1 Å². The summed E-state index contributed by atoms with van der Waals surface area (Å²) in [5.41, 5.74) is 9.28. The minimum absolute atomic E-state index is 0.0102. The SMILES string of the molecule is CN(O)C(N)=NC1C[C@H](C2CCOC(C)(C)C2)Oc2ccc(-c3cccc(C#N)c3)cc21. The van der Waals surface area contributed by atoms with Crippen molar-refractivity contribution in [3.63, 3.8) is 0 Å². The summed E-state index contributed by atoms with van der Waals surface area (Å²) in [6.45, 7) is 4.95. The average Bonchev–Trinajstić information content (AvgIpc) is 2.78. The monoisotopic (exact) mass is 434 g/mol. The zero-order valence-electron chi connectivity index (χ0n) is 18.8. The van der Waals surface area contributed by atoms with Crippen LogP contribution in [0.5, 0.6) is 5.75 Å². The van der Waals surface area contributed by atoms with E-state index >= 15 is 0 Å². The van der Waals surface area contributed by atoms with Gasteiger partial charge in [0.25, 0.3) is 0 Å². The van der Waals surface area contributed by atoms with Gasteiger partial charge in [-0.05, 0) is 62.1 Å². The Morgan fingerprint density at radius 3 is 2.75 bits per heavy atom. The quantitative estimate of drug-likeness (QED) is 0.425. The zero-order chi connectivity index (χ0) is 22.9. The predicted octanol–water partition coefficient (Wildman–Crippen LogP) is 4.26. The van der Waals surface area contributed by atoms with Crippen LogP contribution in [0.3, 0.4) is 0 Å². The Kier molecular flexibility index (Phi) is 6.09. The number of nitriles is 1. The van der Waals surface area contributed by atoms with Crippen molar-refractivity contribution in [2.45, 2.75) is 50.9 Å². The van der Waals surface area contributed by atoms with Crippen LogP contribution in [0.2, 0.25) is 0 Å². The summed E-state index contributed by atoms with van der Waals surface area (Å²) in [4.78, 5) is 4.63. The van der Waals surface area contributed by atoms with Gasteiger partial charge in [0.05, 0.1) is 23.3 Å². The first-order chi connectivity index (χ1) is 15.3. The lowest BCUT2D eigenvalue weighted by Crippen LogP contribution is -2.42. The van der Waals surface area contributed by atoms with E-state index in [9.17, 15) is 10.5 Å². The summed E-state index contributed by atoms with van der Waals surface area (Å²) in [7, 11) is 1.46. The van der Waals surface area contributed by atoms with Gasteiger partial charge in [0.2, 0.25) is 5.96 Å². The standard InChI is InChI=1S/C25H30N4O3/c1-25(2)14-19(9-10-31-25)23-13-21(28-24(27)29(3)30)20-12-18(7-8-22(20)32-23)17-6-4-5-16(11-17)15-26/h4-8,11-12,19,21,23,30H,9-10,13-14H2,1-3H3,(H2,27,28)/t19?,21?,23-/m1/s1. The molecular formula is C25H30N4O3. The Balaban J connectivity index is 1.71. The van der Waals surface area contributed by atoms with Crippen LogP contribution in [0.4, 0.5) is 0 Å². The highest BCUT2D eigenvalue weighted by atomic mass is 16.5. The van der Waals surface area contributed by atoms with E-state index in [0.717, 1.165) is 40.3 Å². The number of hydroxylamine groups is 2. The second kappa shape index (κ2) is 8.81. The fourth-order valence-corrected chi connectivity index (χ4v) is 4.67. The molecule has 0 spiro atoms. The van der Waals surface area contributed by atoms with E-state index in [-0.39, 0.29) is 23.7 Å². The Morgan fingerprint density at radius 1 is 1.25 bits per heavy atom. The lowest BCUT2D eigenvalue weighted by Gasteiger charge is -2.42. The Hall–Kier alpha value is -3.08. The number of hydrogen-bond acceptors (Lipinski definition) is 5. The molecule has 2 heterocycles. The van der Waals surface area contributed by atoms with Crippen molar-refractivity contribution in [1.82, 2.24) is 5.06 Å². The number of benzene rings is 2. The molecule has 2 aliphatic rings. The van der Waals surface area contributed by atoms with Crippen molar-refractivity contribution in [2.24, 2.45) is 16.6 Å². The molecule has 0 amide bonds. The van der Waals surface area contributed by atoms with E-state index in [1.54, 1.807) is 6.07 Å². The van der Waals surface area contributed by atoms with E-state index in [2.05, 4.69) is 31.0 Å². The minimum Gasteiger partial charge on any atom is -0.490 e. The molecule has 0 aliphatic carbocycles. The van der Waals surface area contributed by atoms with E-state index in [1.165, 1.54) is 7.05 Å². The number of ether oxygens (including phenoxy) is 2. The summed E-state index contributed by atoms with van der Waals surface area (Å²) in [6, 6.07) is 15.5. The van der Waals surface area contributed by atoms with Crippen LogP contribution in [0.15, 0.2) is 47.5 Å². The molecule has 1 fully saturated rings. The van der Waals surface area contributed by atoms with Crippen molar-refractivity contribution < 1.29 is 14.7 Å². The summed E-state index contributed by atoms with van der Waals surface area (Å²) < 4.78 is 12.4. The third-order valence-electron chi connectivity index (χ3n) is 6.31. The number of fused-ring (bicyclic) bond motifs is 1. The number of nitrogens with two attached hydrogens (primary N) is 1. The first-order valence-electron chi connectivity index (χ1n) is 11.0. The van der Waals surface area contributed by atoms with E-state index in [0.29, 0.717) is 24.5 Å². The van der Waals surface area contributed by atoms with Crippen molar-refractivity contribution >= 4 is 5.96 Å².